The molecular formula is C14H18N4O4. The van der Waals surface area contributed by atoms with Crippen molar-refractivity contribution in [3.8, 4) is 5.75 Å². The summed E-state index contributed by atoms with van der Waals surface area (Å²) in [6, 6.07) is 1.38. The number of nitrogens with two attached hydrogens (primary N) is 1. The lowest BCUT2D eigenvalue weighted by Crippen LogP contribution is -2.57. The van der Waals surface area contributed by atoms with Crippen molar-refractivity contribution in [3.05, 3.63) is 27.7 Å². The Labute approximate surface area is 126 Å². The van der Waals surface area contributed by atoms with E-state index < -0.39 is 17.3 Å². The zero-order valence-electron chi connectivity index (χ0n) is 12.5. The van der Waals surface area contributed by atoms with Gasteiger partial charge in [-0.3, -0.25) is 14.2 Å². The lowest BCUT2D eigenvalue weighted by atomic mass is 9.98. The van der Waals surface area contributed by atoms with E-state index in [1.54, 1.807) is 6.92 Å². The number of nitrogens with zero attached hydrogens (tertiary/aromatic N) is 2. The third-order valence-electron chi connectivity index (χ3n) is 4.22. The highest BCUT2D eigenvalue weighted by molar-refractivity contribution is 5.96. The topological polar surface area (TPSA) is 107 Å². The van der Waals surface area contributed by atoms with Gasteiger partial charge in [0, 0.05) is 6.54 Å². The summed E-state index contributed by atoms with van der Waals surface area (Å²) in [4.78, 5) is 38.1. The molecule has 0 saturated carbocycles. The second-order valence-corrected chi connectivity index (χ2v) is 5.93. The number of pyridine rings is 1. The van der Waals surface area contributed by atoms with Gasteiger partial charge >= 0.3 is 6.09 Å². The predicted molar refractivity (Wildman–Crippen MR) is 77.8 cm³/mol. The van der Waals surface area contributed by atoms with Crippen molar-refractivity contribution in [2.45, 2.75) is 25.4 Å². The van der Waals surface area contributed by atoms with Crippen LogP contribution in [0.2, 0.25) is 0 Å². The maximum atomic E-state index is 12.7. The Balaban J connectivity index is 2.21. The average molecular weight is 306 g/mol. The van der Waals surface area contributed by atoms with E-state index in [2.05, 4.69) is 10.2 Å². The van der Waals surface area contributed by atoms with Crippen LogP contribution >= 0.6 is 0 Å². The van der Waals surface area contributed by atoms with Crippen LogP contribution in [0.15, 0.2) is 10.9 Å². The number of likely N-dealkylation sites (N-methyl/N-ethyl adjacent to an activating group) is 1. The minimum Gasteiger partial charge on any atom is -0.405 e. The summed E-state index contributed by atoms with van der Waals surface area (Å²) < 4.78 is 6.23. The summed E-state index contributed by atoms with van der Waals surface area (Å²) in [6.45, 7) is 3.12. The highest BCUT2D eigenvalue weighted by atomic mass is 16.5. The number of fused-ring (bicyclic) bond motifs is 2. The van der Waals surface area contributed by atoms with Gasteiger partial charge in [0.05, 0.1) is 0 Å². The molecule has 1 saturated heterocycles. The molecule has 1 spiro atoms. The Morgan fingerprint density at radius 2 is 2.18 bits per heavy atom. The minimum absolute atomic E-state index is 0.155. The molecule has 2 aliphatic rings. The van der Waals surface area contributed by atoms with Crippen molar-refractivity contribution < 1.29 is 14.3 Å². The summed E-state index contributed by atoms with van der Waals surface area (Å²) >= 11 is 0. The Morgan fingerprint density at radius 1 is 1.45 bits per heavy atom. The van der Waals surface area contributed by atoms with Crippen molar-refractivity contribution >= 4 is 12.0 Å². The Kier molecular flexibility index (Phi) is 3.21. The lowest BCUT2D eigenvalue weighted by Gasteiger charge is -2.39. The minimum atomic E-state index is -1.05. The maximum Gasteiger partial charge on any atom is 0.410 e. The first-order valence-corrected chi connectivity index (χ1v) is 7.09. The number of likely N-dealkylation sites (tertiary alicyclic amines) is 1. The van der Waals surface area contributed by atoms with Gasteiger partial charge in [0.2, 0.25) is 0 Å². The van der Waals surface area contributed by atoms with E-state index in [1.807, 2.05) is 7.05 Å². The van der Waals surface area contributed by atoms with Gasteiger partial charge in [-0.25, -0.2) is 4.79 Å². The van der Waals surface area contributed by atoms with Crippen molar-refractivity contribution in [2.24, 2.45) is 5.73 Å². The molecule has 2 amide bonds. The van der Waals surface area contributed by atoms with Crippen LogP contribution in [0.3, 0.4) is 0 Å². The average Bonchev–Trinajstić information content (AvgIpc) is 2.67. The number of ether oxygens (including phenoxy) is 1. The van der Waals surface area contributed by atoms with Gasteiger partial charge in [-0.05, 0) is 45.0 Å². The first-order valence-electron chi connectivity index (χ1n) is 7.09. The molecule has 22 heavy (non-hydrogen) atoms. The predicted octanol–water partition coefficient (Wildman–Crippen LogP) is -0.264. The number of carbonyl (C=O) groups is 2. The molecule has 0 aliphatic carbocycles. The monoisotopic (exact) mass is 306 g/mol. The smallest absolute Gasteiger partial charge is 0.405 e. The van der Waals surface area contributed by atoms with E-state index in [0.29, 0.717) is 24.2 Å². The van der Waals surface area contributed by atoms with E-state index in [4.69, 9.17) is 10.5 Å². The molecule has 0 aromatic carbocycles. The molecule has 1 aromatic rings. The SMILES string of the molecule is Cc1cc(OC(N)=O)c(=O)n2c1C(=O)N[C@@]21CCCN(C)C1. The van der Waals surface area contributed by atoms with Crippen LogP contribution in [-0.2, 0) is 5.66 Å². The van der Waals surface area contributed by atoms with Crippen LogP contribution in [0.4, 0.5) is 4.79 Å². The number of rotatable bonds is 1. The van der Waals surface area contributed by atoms with Crippen LogP contribution in [-0.4, -0.2) is 41.6 Å². The van der Waals surface area contributed by atoms with Gasteiger partial charge in [0.25, 0.3) is 11.5 Å². The van der Waals surface area contributed by atoms with E-state index in [1.165, 1.54) is 10.6 Å². The van der Waals surface area contributed by atoms with Gasteiger partial charge in [-0.1, -0.05) is 0 Å². The van der Waals surface area contributed by atoms with Crippen molar-refractivity contribution in [1.82, 2.24) is 14.8 Å². The maximum absolute atomic E-state index is 12.7. The van der Waals surface area contributed by atoms with E-state index >= 15 is 0 Å². The van der Waals surface area contributed by atoms with Crippen molar-refractivity contribution in [2.75, 3.05) is 20.1 Å². The first kappa shape index (κ1) is 14.6. The van der Waals surface area contributed by atoms with Gasteiger partial charge in [0.1, 0.15) is 11.4 Å². The summed E-state index contributed by atoms with van der Waals surface area (Å²) in [5.74, 6) is -0.437. The molecule has 3 heterocycles. The molecule has 1 aromatic heterocycles. The molecular weight excluding hydrogens is 288 g/mol. The quantitative estimate of drug-likeness (QED) is 0.743. The number of aromatic nitrogens is 1. The zero-order chi connectivity index (χ0) is 16.1. The standard InChI is InChI=1S/C14H18N4O4/c1-8-6-9(22-13(15)21)12(20)18-10(8)11(19)16-14(18)4-3-5-17(2)7-14/h6H,3-5,7H2,1-2H3,(H2,15,21)(H,16,19)/t14-/m0/s1. The molecule has 0 unspecified atom stereocenters. The molecule has 2 aliphatic heterocycles. The number of amides is 2. The number of primary amides is 1. The summed E-state index contributed by atoms with van der Waals surface area (Å²) in [7, 11) is 1.94. The zero-order valence-corrected chi connectivity index (χ0v) is 12.5. The second-order valence-electron chi connectivity index (χ2n) is 5.93. The number of piperidine rings is 1. The van der Waals surface area contributed by atoms with Crippen LogP contribution in [0, 0.1) is 6.92 Å². The van der Waals surface area contributed by atoms with Crippen LogP contribution in [0.25, 0.3) is 0 Å². The normalized spacial score (nSPS) is 24.2. The fourth-order valence-corrected chi connectivity index (χ4v) is 3.44. The Hall–Kier alpha value is -2.35. The van der Waals surface area contributed by atoms with Gasteiger partial charge in [-0.15, -0.1) is 0 Å². The Bertz CT molecular complexity index is 726. The lowest BCUT2D eigenvalue weighted by molar-refractivity contribution is 0.0752. The number of carbonyl (C=O) groups excluding carboxylic acids is 2. The van der Waals surface area contributed by atoms with Crippen LogP contribution in [0.5, 0.6) is 5.75 Å². The first-order chi connectivity index (χ1) is 10.3. The number of hydrogen-bond donors (Lipinski definition) is 2. The van der Waals surface area contributed by atoms with Gasteiger partial charge in [-0.2, -0.15) is 0 Å². The van der Waals surface area contributed by atoms with Crippen LogP contribution in [0.1, 0.15) is 28.9 Å². The molecule has 8 nitrogen and oxygen atoms in total. The molecule has 0 bridgehead atoms. The summed E-state index contributed by atoms with van der Waals surface area (Å²) in [5, 5.41) is 2.94. The van der Waals surface area contributed by atoms with Crippen molar-refractivity contribution in [3.63, 3.8) is 0 Å². The highest BCUT2D eigenvalue weighted by Crippen LogP contribution is 2.32. The highest BCUT2D eigenvalue weighted by Gasteiger charge is 2.46. The molecule has 118 valence electrons. The fraction of sp³-hybridized carbons (Fsp3) is 0.500. The number of hydrogen-bond acceptors (Lipinski definition) is 5. The van der Waals surface area contributed by atoms with Crippen molar-refractivity contribution in [1.29, 1.82) is 0 Å². The summed E-state index contributed by atoms with van der Waals surface area (Å²) in [5.41, 5.74) is 4.58. The second kappa shape index (κ2) is 4.84. The van der Waals surface area contributed by atoms with E-state index in [-0.39, 0.29) is 11.7 Å². The molecule has 3 N–H and O–H groups in total. The molecule has 0 radical (unpaired) electrons. The summed E-state index contributed by atoms with van der Waals surface area (Å²) in [6.07, 6.45) is 0.446. The van der Waals surface area contributed by atoms with E-state index in [9.17, 15) is 14.4 Å². The van der Waals surface area contributed by atoms with Crippen LogP contribution < -0.4 is 21.3 Å². The fourth-order valence-electron chi connectivity index (χ4n) is 3.44. The van der Waals surface area contributed by atoms with Gasteiger partial charge in [0.15, 0.2) is 5.75 Å². The third-order valence-corrected chi connectivity index (χ3v) is 4.22. The largest absolute Gasteiger partial charge is 0.410 e. The third kappa shape index (κ3) is 2.07. The number of aryl methyl sites for hydroxylation is 1. The molecule has 1 fully saturated rings. The molecule has 3 rings (SSSR count). The van der Waals surface area contributed by atoms with E-state index in [0.717, 1.165) is 13.0 Å². The number of nitrogens with one attached hydrogen (secondary N) is 1. The Morgan fingerprint density at radius 3 is 2.82 bits per heavy atom. The molecule has 8 heteroatoms. The van der Waals surface area contributed by atoms with Gasteiger partial charge < -0.3 is 20.7 Å². The molecule has 1 atom stereocenters.